The first-order chi connectivity index (χ1) is 28.8. The second-order valence-corrected chi connectivity index (χ2v) is 17.4. The molecule has 344 valence electrons. The second kappa shape index (κ2) is 45.5. The van der Waals surface area contributed by atoms with Crippen LogP contribution >= 0.6 is 7.82 Å². The summed E-state index contributed by atoms with van der Waals surface area (Å²) in [4.78, 5) is 35.0. The van der Waals surface area contributed by atoms with Crippen molar-refractivity contribution in [1.82, 2.24) is 0 Å². The van der Waals surface area contributed by atoms with Crippen molar-refractivity contribution in [2.45, 2.75) is 225 Å². The lowest BCUT2D eigenvalue weighted by molar-refractivity contribution is -0.161. The van der Waals surface area contributed by atoms with Gasteiger partial charge in [-0.3, -0.25) is 18.6 Å². The number of unbranched alkanes of at least 4 members (excludes halogenated alkanes) is 24. The Morgan fingerprint density at radius 2 is 0.881 bits per heavy atom. The Morgan fingerprint density at radius 1 is 0.508 bits per heavy atom. The quantitative estimate of drug-likeness (QED) is 0.0266. The van der Waals surface area contributed by atoms with Gasteiger partial charge in [-0.05, 0) is 77.0 Å². The third kappa shape index (κ3) is 45.3. The number of phosphoric acid groups is 1. The number of carbonyl (C=O) groups excluding carboxylic acids is 2. The zero-order valence-corrected chi connectivity index (χ0v) is 38.9. The van der Waals surface area contributed by atoms with Crippen molar-refractivity contribution in [3.8, 4) is 0 Å². The van der Waals surface area contributed by atoms with Gasteiger partial charge >= 0.3 is 19.8 Å². The van der Waals surface area contributed by atoms with Crippen LogP contribution in [0.3, 0.4) is 0 Å². The Kier molecular flexibility index (Phi) is 43.9. The van der Waals surface area contributed by atoms with E-state index in [1.54, 1.807) is 0 Å². The lowest BCUT2D eigenvalue weighted by Gasteiger charge is -2.19. The van der Waals surface area contributed by atoms with Crippen LogP contribution in [0.5, 0.6) is 0 Å². The Bertz CT molecular complexity index is 1110. The van der Waals surface area contributed by atoms with Crippen molar-refractivity contribution in [2.24, 2.45) is 5.73 Å². The number of nitrogens with two attached hydrogens (primary N) is 1. The van der Waals surface area contributed by atoms with Gasteiger partial charge in [0.25, 0.3) is 0 Å². The minimum absolute atomic E-state index is 0.0484. The average molecular weight is 852 g/mol. The van der Waals surface area contributed by atoms with Gasteiger partial charge in [0.1, 0.15) is 6.61 Å². The largest absolute Gasteiger partial charge is 0.472 e. The molecule has 0 spiro atoms. The fraction of sp³-hybridized carbons (Fsp3) is 0.796. The SMILES string of the molecule is CCCCC/C=C/C/C=C/C/C=C/CCCCCCC(=O)O[C@H](COC(=O)CCCCCCCCCCCCC/C=C/CCCCCCCC)COP(=O)(O)OCCN. The zero-order valence-electron chi connectivity index (χ0n) is 38.0. The van der Waals surface area contributed by atoms with Gasteiger partial charge in [0.15, 0.2) is 6.10 Å². The molecule has 0 saturated heterocycles. The molecule has 0 fully saturated rings. The van der Waals surface area contributed by atoms with Crippen LogP contribution in [0.2, 0.25) is 0 Å². The summed E-state index contributed by atoms with van der Waals surface area (Å²) >= 11 is 0. The van der Waals surface area contributed by atoms with E-state index in [9.17, 15) is 19.0 Å². The van der Waals surface area contributed by atoms with Crippen molar-refractivity contribution < 1.29 is 37.6 Å². The summed E-state index contributed by atoms with van der Waals surface area (Å²) in [5.41, 5.74) is 5.36. The Labute approximate surface area is 362 Å². The molecule has 0 bridgehead atoms. The van der Waals surface area contributed by atoms with Gasteiger partial charge in [0.2, 0.25) is 0 Å². The summed E-state index contributed by atoms with van der Waals surface area (Å²) in [6.07, 6.45) is 52.8. The molecule has 0 saturated carbocycles. The highest BCUT2D eigenvalue weighted by atomic mass is 31.2. The van der Waals surface area contributed by atoms with Crippen LogP contribution in [-0.4, -0.2) is 49.3 Å². The minimum Gasteiger partial charge on any atom is -0.462 e. The number of carbonyl (C=O) groups is 2. The van der Waals surface area contributed by atoms with Crippen LogP contribution in [0.15, 0.2) is 48.6 Å². The molecule has 9 nitrogen and oxygen atoms in total. The summed E-state index contributed by atoms with van der Waals surface area (Å²) in [7, 11) is -4.39. The van der Waals surface area contributed by atoms with Crippen molar-refractivity contribution in [1.29, 1.82) is 0 Å². The lowest BCUT2D eigenvalue weighted by Crippen LogP contribution is -2.29. The zero-order chi connectivity index (χ0) is 43.2. The Morgan fingerprint density at radius 3 is 1.36 bits per heavy atom. The van der Waals surface area contributed by atoms with Gasteiger partial charge in [0.05, 0.1) is 13.2 Å². The molecule has 0 aliphatic rings. The van der Waals surface area contributed by atoms with Gasteiger partial charge < -0.3 is 20.1 Å². The maximum Gasteiger partial charge on any atom is 0.472 e. The predicted octanol–water partition coefficient (Wildman–Crippen LogP) is 14.3. The van der Waals surface area contributed by atoms with E-state index in [1.807, 2.05) is 0 Å². The standard InChI is InChI=1S/C49H90NO8P/c1-3-5-7-9-11-13-15-17-19-21-22-23-24-26-27-29-31-33-35-37-39-41-48(51)55-45-47(46-57-59(53,54)56-44-43-50)58-49(52)42-40-38-36-34-32-30-28-25-20-18-16-14-12-10-8-6-4-2/h12,14,17-20,28,30,47H,3-11,13,15-16,21-27,29,31-46,50H2,1-2H3,(H,53,54)/b14-12+,19-17+,20-18+,30-28+/t47-/m1/s1. The molecule has 0 heterocycles. The molecule has 0 amide bonds. The fourth-order valence-corrected chi connectivity index (χ4v) is 7.34. The van der Waals surface area contributed by atoms with Crippen LogP contribution in [-0.2, 0) is 32.7 Å². The second-order valence-electron chi connectivity index (χ2n) is 16.0. The Hall–Kier alpha value is -2.03. The van der Waals surface area contributed by atoms with E-state index in [0.717, 1.165) is 57.8 Å². The minimum atomic E-state index is -4.39. The van der Waals surface area contributed by atoms with Gasteiger partial charge in [-0.2, -0.15) is 0 Å². The summed E-state index contributed by atoms with van der Waals surface area (Å²) in [5.74, 6) is -0.851. The molecule has 59 heavy (non-hydrogen) atoms. The fourth-order valence-electron chi connectivity index (χ4n) is 6.58. The van der Waals surface area contributed by atoms with Gasteiger partial charge in [0, 0.05) is 19.4 Å². The monoisotopic (exact) mass is 852 g/mol. The van der Waals surface area contributed by atoms with Crippen molar-refractivity contribution in [3.63, 3.8) is 0 Å². The number of ether oxygens (including phenoxy) is 2. The maximum absolute atomic E-state index is 12.6. The van der Waals surface area contributed by atoms with E-state index in [-0.39, 0.29) is 38.6 Å². The van der Waals surface area contributed by atoms with E-state index in [2.05, 4.69) is 62.5 Å². The van der Waals surface area contributed by atoms with E-state index in [4.69, 9.17) is 24.3 Å². The molecule has 1 unspecified atom stereocenters. The molecule has 0 aromatic carbocycles. The number of esters is 2. The number of allylic oxidation sites excluding steroid dienone is 8. The highest BCUT2D eigenvalue weighted by molar-refractivity contribution is 7.47. The first-order valence-electron chi connectivity index (χ1n) is 24.1. The van der Waals surface area contributed by atoms with Gasteiger partial charge in [-0.15, -0.1) is 0 Å². The van der Waals surface area contributed by atoms with Crippen LogP contribution in [0.25, 0.3) is 0 Å². The molecule has 0 rings (SSSR count). The maximum atomic E-state index is 12.6. The number of rotatable bonds is 45. The molecule has 0 aliphatic heterocycles. The van der Waals surface area contributed by atoms with Crippen molar-refractivity contribution in [2.75, 3.05) is 26.4 Å². The third-order valence-electron chi connectivity index (χ3n) is 10.2. The topological polar surface area (TPSA) is 134 Å². The highest BCUT2D eigenvalue weighted by Gasteiger charge is 2.26. The molecule has 0 radical (unpaired) electrons. The average Bonchev–Trinajstić information content (AvgIpc) is 3.22. The molecule has 2 atom stereocenters. The highest BCUT2D eigenvalue weighted by Crippen LogP contribution is 2.43. The third-order valence-corrected chi connectivity index (χ3v) is 11.2. The van der Waals surface area contributed by atoms with Gasteiger partial charge in [-0.25, -0.2) is 4.57 Å². The summed E-state index contributed by atoms with van der Waals surface area (Å²) < 4.78 is 32.8. The van der Waals surface area contributed by atoms with Crippen LogP contribution in [0, 0.1) is 0 Å². The van der Waals surface area contributed by atoms with E-state index < -0.39 is 26.5 Å². The molecule has 3 N–H and O–H groups in total. The number of hydrogen-bond donors (Lipinski definition) is 2. The summed E-state index contributed by atoms with van der Waals surface area (Å²) in [6, 6.07) is 0. The number of hydrogen-bond acceptors (Lipinski definition) is 8. The Balaban J connectivity index is 4.10. The van der Waals surface area contributed by atoms with Crippen LogP contribution in [0.4, 0.5) is 0 Å². The first kappa shape index (κ1) is 57.0. The molecule has 0 aromatic rings. The van der Waals surface area contributed by atoms with Gasteiger partial charge in [-0.1, -0.05) is 178 Å². The van der Waals surface area contributed by atoms with Crippen LogP contribution < -0.4 is 5.73 Å². The van der Waals surface area contributed by atoms with E-state index in [1.165, 1.54) is 128 Å². The molecule has 0 aliphatic carbocycles. The first-order valence-corrected chi connectivity index (χ1v) is 25.6. The predicted molar refractivity (Wildman–Crippen MR) is 247 cm³/mol. The molecular formula is C49H90NO8P. The van der Waals surface area contributed by atoms with E-state index in [0.29, 0.717) is 6.42 Å². The van der Waals surface area contributed by atoms with Crippen LogP contribution in [0.1, 0.15) is 219 Å². The van der Waals surface area contributed by atoms with E-state index >= 15 is 0 Å². The molecule has 0 aromatic heterocycles. The normalized spacial score (nSPS) is 13.6. The van der Waals surface area contributed by atoms with Crippen molar-refractivity contribution in [3.05, 3.63) is 48.6 Å². The van der Waals surface area contributed by atoms with Crippen molar-refractivity contribution >= 4 is 19.8 Å². The lowest BCUT2D eigenvalue weighted by atomic mass is 10.0. The molecular weight excluding hydrogens is 762 g/mol. The summed E-state index contributed by atoms with van der Waals surface area (Å²) in [6.45, 7) is 3.69. The number of phosphoric ester groups is 1. The smallest absolute Gasteiger partial charge is 0.462 e. The summed E-state index contributed by atoms with van der Waals surface area (Å²) in [5, 5.41) is 0. The molecule has 10 heteroatoms.